The first-order valence-corrected chi connectivity index (χ1v) is 16.9. The monoisotopic (exact) mass is 657 g/mol. The fourth-order valence-electron chi connectivity index (χ4n) is 7.63. The smallest absolute Gasteiger partial charge is 0.135 e. The van der Waals surface area contributed by atoms with Gasteiger partial charge in [0.2, 0.25) is 0 Å². The fourth-order valence-corrected chi connectivity index (χ4v) is 7.63. The van der Waals surface area contributed by atoms with Gasteiger partial charge < -0.3 is 13.6 Å². The van der Waals surface area contributed by atoms with Gasteiger partial charge in [0.1, 0.15) is 11.2 Å². The Morgan fingerprint density at radius 3 is 2.02 bits per heavy atom. The molecule has 0 aliphatic rings. The van der Waals surface area contributed by atoms with Crippen molar-refractivity contribution in [3.05, 3.63) is 182 Å². The maximum Gasteiger partial charge on any atom is 0.135 e. The second-order valence-electron chi connectivity index (χ2n) is 12.8. The second-order valence-corrected chi connectivity index (χ2v) is 12.8. The maximum atomic E-state index is 9.80. The number of hydrogen-bond donors (Lipinski definition) is 0. The molecule has 0 saturated heterocycles. The zero-order valence-electron chi connectivity index (χ0n) is 34.1. The van der Waals surface area contributed by atoms with Crippen LogP contribution in [0.5, 0.6) is 0 Å². The summed E-state index contributed by atoms with van der Waals surface area (Å²) in [6.45, 7) is 0. The van der Waals surface area contributed by atoms with Gasteiger partial charge in [0.05, 0.1) is 31.7 Å². The van der Waals surface area contributed by atoms with E-state index in [0.29, 0.717) is 22.4 Å². The second kappa shape index (κ2) is 10.8. The van der Waals surface area contributed by atoms with Gasteiger partial charge in [-0.15, -0.1) is 0 Å². The van der Waals surface area contributed by atoms with Crippen molar-refractivity contribution in [2.75, 3.05) is 0 Å². The summed E-state index contributed by atoms with van der Waals surface area (Å²) >= 11 is 0. The summed E-state index contributed by atoms with van der Waals surface area (Å²) in [6.07, 6.45) is 0. The molecule has 0 spiro atoms. The molecule has 11 aromatic rings. The van der Waals surface area contributed by atoms with Gasteiger partial charge >= 0.3 is 0 Å². The zero-order valence-corrected chi connectivity index (χ0v) is 27.1. The molecule has 0 radical (unpaired) electrons. The quantitative estimate of drug-likeness (QED) is 0.185. The van der Waals surface area contributed by atoms with Crippen LogP contribution in [-0.4, -0.2) is 9.13 Å². The van der Waals surface area contributed by atoms with E-state index >= 15 is 0 Å². The Morgan fingerprint density at radius 2 is 1.08 bits per heavy atom. The van der Waals surface area contributed by atoms with Gasteiger partial charge in [0, 0.05) is 43.7 Å². The highest BCUT2D eigenvalue weighted by molar-refractivity contribution is 6.13. The van der Waals surface area contributed by atoms with Gasteiger partial charge in [0.25, 0.3) is 0 Å². The number of hydrogen-bond acceptors (Lipinski definition) is 1. The van der Waals surface area contributed by atoms with E-state index in [1.54, 1.807) is 16.7 Å². The van der Waals surface area contributed by atoms with Crippen LogP contribution >= 0.6 is 0 Å². The molecule has 3 aromatic heterocycles. The van der Waals surface area contributed by atoms with Crippen LogP contribution in [0.25, 0.3) is 99.2 Å². The fraction of sp³-hybridized carbons (Fsp3) is 0. The molecule has 3 heterocycles. The van der Waals surface area contributed by atoms with Gasteiger partial charge in [-0.3, -0.25) is 0 Å². The predicted molar refractivity (Wildman–Crippen MR) is 213 cm³/mol. The van der Waals surface area contributed by atoms with E-state index in [1.165, 1.54) is 0 Å². The van der Waals surface area contributed by atoms with Crippen molar-refractivity contribution in [1.29, 1.82) is 0 Å². The third kappa shape index (κ3) is 4.25. The molecule has 0 atom stereocenters. The molecule has 0 aliphatic carbocycles. The molecule has 8 aromatic carbocycles. The Bertz CT molecular complexity index is 3550. The van der Waals surface area contributed by atoms with E-state index in [2.05, 4.69) is 53.1 Å². The first-order valence-electron chi connectivity index (χ1n) is 20.4. The third-order valence-electron chi connectivity index (χ3n) is 9.95. The molecule has 0 bridgehead atoms. The first kappa shape index (κ1) is 22.0. The van der Waals surface area contributed by atoms with Gasteiger partial charge in [-0.1, -0.05) is 109 Å². The molecule has 11 rings (SSSR count). The lowest BCUT2D eigenvalue weighted by Gasteiger charge is -2.11. The van der Waals surface area contributed by atoms with Crippen molar-refractivity contribution >= 4 is 65.6 Å². The molecule has 0 N–H and O–H groups in total. The topological polar surface area (TPSA) is 23.0 Å². The molecule has 0 saturated carbocycles. The minimum Gasteiger partial charge on any atom is -0.456 e. The largest absolute Gasteiger partial charge is 0.456 e. The number of nitrogens with zero attached hydrogens (tertiary/aromatic N) is 2. The number of benzene rings is 8. The average Bonchev–Trinajstić information content (AvgIpc) is 3.93. The Hall–Kier alpha value is -6.84. The summed E-state index contributed by atoms with van der Waals surface area (Å²) in [7, 11) is 0. The Morgan fingerprint density at radius 1 is 0.373 bits per heavy atom. The van der Waals surface area contributed by atoms with Gasteiger partial charge in [0.15, 0.2) is 0 Å². The molecular formula is C48H30N2O. The molecule has 0 fully saturated rings. The van der Waals surface area contributed by atoms with Crippen molar-refractivity contribution in [3.8, 4) is 33.6 Å². The van der Waals surface area contributed by atoms with Crippen LogP contribution < -0.4 is 0 Å². The van der Waals surface area contributed by atoms with Crippen molar-refractivity contribution in [1.82, 2.24) is 9.13 Å². The van der Waals surface area contributed by atoms with Crippen LogP contribution in [0.4, 0.5) is 0 Å². The normalized spacial score (nSPS) is 13.8. The summed E-state index contributed by atoms with van der Waals surface area (Å²) in [6, 6.07) is 43.8. The van der Waals surface area contributed by atoms with Crippen molar-refractivity contribution in [3.63, 3.8) is 0 Å². The molecule has 0 aliphatic heterocycles. The van der Waals surface area contributed by atoms with E-state index < -0.39 is 12.1 Å². The predicted octanol–water partition coefficient (Wildman–Crippen LogP) is 13.1. The summed E-state index contributed by atoms with van der Waals surface area (Å²) in [4.78, 5) is 0. The molecule has 3 nitrogen and oxygen atoms in total. The molecule has 0 amide bonds. The highest BCUT2D eigenvalue weighted by atomic mass is 16.3. The standard InChI is InChI=1S/C48H30N2O/c1-2-11-31(12-3-1)32-13-10-14-35(27-32)49-43-18-7-4-15-37(43)40-28-33(21-24-45(40)49)34-22-25-46-41(29-34)38-16-5-8-19-44(38)50(46)36-23-26-48-42(30-36)39-17-6-9-20-47(39)51-48/h1-30H/i5D,8D,16D,19D,22D,25D,29D. The number of rotatable bonds is 4. The van der Waals surface area contributed by atoms with E-state index in [-0.39, 0.29) is 57.6 Å². The number of aromatic nitrogens is 2. The number of furan rings is 1. The highest BCUT2D eigenvalue weighted by Crippen LogP contribution is 2.39. The lowest BCUT2D eigenvalue weighted by atomic mass is 10.0. The lowest BCUT2D eigenvalue weighted by Crippen LogP contribution is -1.94. The van der Waals surface area contributed by atoms with Crippen LogP contribution in [0.2, 0.25) is 0 Å². The van der Waals surface area contributed by atoms with Crippen LogP contribution in [0.3, 0.4) is 0 Å². The van der Waals surface area contributed by atoms with Crippen LogP contribution in [0, 0.1) is 0 Å². The average molecular weight is 658 g/mol. The van der Waals surface area contributed by atoms with Gasteiger partial charge in [-0.25, -0.2) is 0 Å². The van der Waals surface area contributed by atoms with E-state index in [9.17, 15) is 4.11 Å². The summed E-state index contributed by atoms with van der Waals surface area (Å²) in [5.74, 6) is 0. The highest BCUT2D eigenvalue weighted by Gasteiger charge is 2.17. The zero-order chi connectivity index (χ0) is 39.6. The van der Waals surface area contributed by atoms with Crippen LogP contribution in [-0.2, 0) is 0 Å². The van der Waals surface area contributed by atoms with Crippen LogP contribution in [0.1, 0.15) is 9.60 Å². The van der Waals surface area contributed by atoms with E-state index in [1.807, 2.05) is 78.9 Å². The minimum absolute atomic E-state index is 0.0849. The van der Waals surface area contributed by atoms with Gasteiger partial charge in [-0.05, 0) is 95.0 Å². The maximum absolute atomic E-state index is 9.80. The molecule has 0 unspecified atom stereocenters. The third-order valence-corrected chi connectivity index (χ3v) is 9.95. The Kier molecular flexibility index (Phi) is 4.67. The summed E-state index contributed by atoms with van der Waals surface area (Å²) < 4.78 is 74.4. The van der Waals surface area contributed by atoms with Crippen molar-refractivity contribution < 1.29 is 14.0 Å². The van der Waals surface area contributed by atoms with Crippen molar-refractivity contribution in [2.24, 2.45) is 0 Å². The van der Waals surface area contributed by atoms with E-state index in [4.69, 9.17) is 9.90 Å². The van der Waals surface area contributed by atoms with Gasteiger partial charge in [-0.2, -0.15) is 0 Å². The molecule has 3 heteroatoms. The number of para-hydroxylation sites is 3. The minimum atomic E-state index is -0.430. The summed E-state index contributed by atoms with van der Waals surface area (Å²) in [5, 5.41) is 3.89. The summed E-state index contributed by atoms with van der Waals surface area (Å²) in [5.41, 5.74) is 8.07. The van der Waals surface area contributed by atoms with E-state index in [0.717, 1.165) is 49.4 Å². The molecule has 51 heavy (non-hydrogen) atoms. The van der Waals surface area contributed by atoms with Crippen molar-refractivity contribution in [2.45, 2.75) is 0 Å². The lowest BCUT2D eigenvalue weighted by molar-refractivity contribution is 0.669. The van der Waals surface area contributed by atoms with Crippen LogP contribution in [0.15, 0.2) is 186 Å². The Balaban J connectivity index is 1.18. The Labute approximate surface area is 303 Å². The molecular weight excluding hydrogens is 621 g/mol. The number of fused-ring (bicyclic) bond motifs is 9. The SMILES string of the molecule is [2H]c1c([2H])c([2H])c2c(c1[2H])c1c([2H])c(-c3ccc4c(c3)c3ccccc3n4-c3cccc(-c4ccccc4)c3)c([2H])c([2H])c1n2-c1ccc2oc3ccccc3c2c1. The molecule has 238 valence electrons. The first-order chi connectivity index (χ1) is 28.2.